The molecule has 1 saturated heterocycles. The van der Waals surface area contributed by atoms with Crippen LogP contribution in [0.3, 0.4) is 0 Å². The van der Waals surface area contributed by atoms with Gasteiger partial charge < -0.3 is 4.90 Å². The number of rotatable bonds is 4. The summed E-state index contributed by atoms with van der Waals surface area (Å²) in [7, 11) is -4.61. The van der Waals surface area contributed by atoms with Gasteiger partial charge in [0, 0.05) is 25.5 Å². The topological polar surface area (TPSA) is 55.2 Å². The number of hydrogen-bond donors (Lipinski definition) is 0. The quantitative estimate of drug-likeness (QED) is 0.858. The number of para-hydroxylation sites is 1. The SMILES string of the molecule is O=S(=O)(c1ccccc1N1CCC(n2cccn2)CC1)C(F)F. The molecule has 3 rings (SSSR count). The summed E-state index contributed by atoms with van der Waals surface area (Å²) >= 11 is 0. The summed E-state index contributed by atoms with van der Waals surface area (Å²) < 4.78 is 51.4. The highest BCUT2D eigenvalue weighted by Crippen LogP contribution is 2.32. The summed E-state index contributed by atoms with van der Waals surface area (Å²) in [4.78, 5) is 1.56. The maximum absolute atomic E-state index is 12.9. The molecule has 1 fully saturated rings. The van der Waals surface area contributed by atoms with Crippen LogP contribution in [0.2, 0.25) is 0 Å². The summed E-state index contributed by atoms with van der Waals surface area (Å²) in [5.74, 6) is -3.41. The maximum atomic E-state index is 12.9. The van der Waals surface area contributed by atoms with Gasteiger partial charge in [-0.1, -0.05) is 12.1 Å². The van der Waals surface area contributed by atoms with Gasteiger partial charge in [0.05, 0.1) is 16.6 Å². The summed E-state index contributed by atoms with van der Waals surface area (Å²) in [6.45, 7) is 1.20. The number of sulfone groups is 1. The Morgan fingerprint density at radius 1 is 1.13 bits per heavy atom. The van der Waals surface area contributed by atoms with E-state index < -0.39 is 15.6 Å². The predicted molar refractivity (Wildman–Crippen MR) is 82.3 cm³/mol. The van der Waals surface area contributed by atoms with Crippen molar-refractivity contribution in [1.82, 2.24) is 9.78 Å². The van der Waals surface area contributed by atoms with E-state index >= 15 is 0 Å². The third-order valence-corrected chi connectivity index (χ3v) is 5.54. The third kappa shape index (κ3) is 3.08. The fraction of sp³-hybridized carbons (Fsp3) is 0.400. The van der Waals surface area contributed by atoms with Crippen LogP contribution in [0.1, 0.15) is 18.9 Å². The van der Waals surface area contributed by atoms with Crippen LogP contribution < -0.4 is 4.90 Å². The zero-order valence-corrected chi connectivity index (χ0v) is 13.2. The number of benzene rings is 1. The van der Waals surface area contributed by atoms with Crippen molar-refractivity contribution < 1.29 is 17.2 Å². The smallest absolute Gasteiger partial charge is 0.341 e. The molecule has 23 heavy (non-hydrogen) atoms. The van der Waals surface area contributed by atoms with Gasteiger partial charge in [0.2, 0.25) is 9.84 Å². The van der Waals surface area contributed by atoms with Gasteiger partial charge in [-0.25, -0.2) is 8.42 Å². The monoisotopic (exact) mass is 341 g/mol. The molecule has 124 valence electrons. The number of piperidine rings is 1. The van der Waals surface area contributed by atoms with Gasteiger partial charge >= 0.3 is 5.76 Å². The van der Waals surface area contributed by atoms with E-state index in [-0.39, 0.29) is 10.9 Å². The second kappa shape index (κ2) is 6.27. The average molecular weight is 341 g/mol. The van der Waals surface area contributed by atoms with Crippen molar-refractivity contribution >= 4 is 15.5 Å². The molecule has 0 spiro atoms. The minimum absolute atomic E-state index is 0.250. The third-order valence-electron chi connectivity index (χ3n) is 4.11. The second-order valence-corrected chi connectivity index (χ2v) is 7.36. The molecule has 2 heterocycles. The zero-order valence-electron chi connectivity index (χ0n) is 12.3. The van der Waals surface area contributed by atoms with E-state index in [1.165, 1.54) is 12.1 Å². The lowest BCUT2D eigenvalue weighted by molar-refractivity contribution is 0.234. The molecule has 1 aliphatic heterocycles. The summed E-state index contributed by atoms with van der Waals surface area (Å²) in [5.41, 5.74) is 0.353. The van der Waals surface area contributed by atoms with E-state index in [2.05, 4.69) is 5.10 Å². The molecule has 5 nitrogen and oxygen atoms in total. The first-order valence-electron chi connectivity index (χ1n) is 7.35. The molecular formula is C15H17F2N3O2S. The first kappa shape index (κ1) is 15.9. The van der Waals surface area contributed by atoms with Gasteiger partial charge in [-0.05, 0) is 31.0 Å². The number of anilines is 1. The highest BCUT2D eigenvalue weighted by Gasteiger charge is 2.31. The van der Waals surface area contributed by atoms with E-state index in [0.717, 1.165) is 12.8 Å². The van der Waals surface area contributed by atoms with E-state index in [1.807, 2.05) is 21.8 Å². The number of halogens is 2. The standard InChI is InChI=1S/C15H17F2N3O2S/c16-15(17)23(21,22)14-5-2-1-4-13(14)19-10-6-12(7-11-19)20-9-3-8-18-20/h1-5,8-9,12,15H,6-7,10-11H2. The van der Waals surface area contributed by atoms with Gasteiger partial charge in [0.25, 0.3) is 0 Å². The minimum atomic E-state index is -4.61. The molecule has 0 bridgehead atoms. The number of alkyl halides is 2. The Kier molecular flexibility index (Phi) is 4.34. The van der Waals surface area contributed by atoms with E-state index in [1.54, 1.807) is 18.3 Å². The minimum Gasteiger partial charge on any atom is -0.370 e. The fourth-order valence-corrected chi connectivity index (χ4v) is 3.87. The van der Waals surface area contributed by atoms with Crippen LogP contribution in [0.15, 0.2) is 47.6 Å². The normalized spacial score (nSPS) is 16.9. The largest absolute Gasteiger partial charge is 0.370 e. The fourth-order valence-electron chi connectivity index (χ4n) is 2.92. The van der Waals surface area contributed by atoms with E-state index in [0.29, 0.717) is 18.8 Å². The second-order valence-electron chi connectivity index (χ2n) is 5.48. The lowest BCUT2D eigenvalue weighted by Gasteiger charge is -2.34. The summed E-state index contributed by atoms with van der Waals surface area (Å²) in [6, 6.07) is 8.07. The molecule has 8 heteroatoms. The summed E-state index contributed by atoms with van der Waals surface area (Å²) in [6.07, 6.45) is 5.18. The van der Waals surface area contributed by atoms with Crippen LogP contribution in [0, 0.1) is 0 Å². The molecule has 0 atom stereocenters. The van der Waals surface area contributed by atoms with Gasteiger partial charge in [0.15, 0.2) is 0 Å². The molecule has 1 aliphatic rings. The molecule has 0 unspecified atom stereocenters. The van der Waals surface area contributed by atoms with Crippen molar-refractivity contribution in [2.45, 2.75) is 29.5 Å². The molecule has 0 saturated carbocycles. The highest BCUT2D eigenvalue weighted by atomic mass is 32.2. The summed E-state index contributed by atoms with van der Waals surface area (Å²) in [5, 5.41) is 4.22. The maximum Gasteiger partial charge on any atom is 0.341 e. The molecule has 0 radical (unpaired) electrons. The molecule has 2 aromatic rings. The molecule has 0 amide bonds. The Morgan fingerprint density at radius 2 is 1.83 bits per heavy atom. The lowest BCUT2D eigenvalue weighted by atomic mass is 10.0. The first-order valence-corrected chi connectivity index (χ1v) is 8.90. The van der Waals surface area contributed by atoms with Crippen molar-refractivity contribution in [2.75, 3.05) is 18.0 Å². The van der Waals surface area contributed by atoms with Crippen molar-refractivity contribution in [3.8, 4) is 0 Å². The van der Waals surface area contributed by atoms with Crippen molar-refractivity contribution in [2.24, 2.45) is 0 Å². The average Bonchev–Trinajstić information content (AvgIpc) is 3.09. The first-order chi connectivity index (χ1) is 11.0. The van der Waals surface area contributed by atoms with Crippen LogP contribution in [0.4, 0.5) is 14.5 Å². The Labute approximate surface area is 133 Å². The number of nitrogens with zero attached hydrogens (tertiary/aromatic N) is 3. The zero-order chi connectivity index (χ0) is 16.4. The van der Waals surface area contributed by atoms with Gasteiger partial charge in [-0.15, -0.1) is 0 Å². The number of aromatic nitrogens is 2. The lowest BCUT2D eigenvalue weighted by Crippen LogP contribution is -2.35. The van der Waals surface area contributed by atoms with Crippen molar-refractivity contribution in [3.63, 3.8) is 0 Å². The van der Waals surface area contributed by atoms with Crippen LogP contribution >= 0.6 is 0 Å². The highest BCUT2D eigenvalue weighted by molar-refractivity contribution is 7.91. The molecule has 0 N–H and O–H groups in total. The van der Waals surface area contributed by atoms with Gasteiger partial charge in [-0.3, -0.25) is 4.68 Å². The van der Waals surface area contributed by atoms with Crippen molar-refractivity contribution in [3.05, 3.63) is 42.7 Å². The van der Waals surface area contributed by atoms with E-state index in [9.17, 15) is 17.2 Å². The van der Waals surface area contributed by atoms with Crippen LogP contribution in [-0.4, -0.2) is 37.0 Å². The van der Waals surface area contributed by atoms with Gasteiger partial charge in [0.1, 0.15) is 0 Å². The Morgan fingerprint density at radius 3 is 2.43 bits per heavy atom. The Hall–Kier alpha value is -1.96. The molecule has 1 aromatic heterocycles. The molecule has 0 aliphatic carbocycles. The van der Waals surface area contributed by atoms with Crippen LogP contribution in [-0.2, 0) is 9.84 Å². The van der Waals surface area contributed by atoms with E-state index in [4.69, 9.17) is 0 Å². The predicted octanol–water partition coefficient (Wildman–Crippen LogP) is 2.72. The van der Waals surface area contributed by atoms with Crippen LogP contribution in [0.5, 0.6) is 0 Å². The van der Waals surface area contributed by atoms with Crippen molar-refractivity contribution in [1.29, 1.82) is 0 Å². The van der Waals surface area contributed by atoms with Gasteiger partial charge in [-0.2, -0.15) is 13.9 Å². The number of hydrogen-bond acceptors (Lipinski definition) is 4. The molecule has 1 aromatic carbocycles. The van der Waals surface area contributed by atoms with Crippen LogP contribution in [0.25, 0.3) is 0 Å². The molecular weight excluding hydrogens is 324 g/mol. The Bertz CT molecular complexity index is 755. The Balaban J connectivity index is 1.82.